The number of aromatic hydroxyl groups is 1. The third kappa shape index (κ3) is 3.90. The number of rotatable bonds is 4. The van der Waals surface area contributed by atoms with Crippen LogP contribution < -0.4 is 5.32 Å². The first-order valence-electron chi connectivity index (χ1n) is 7.58. The molecule has 3 rings (SSSR count). The monoisotopic (exact) mass is 389 g/mol. The number of halogens is 2. The maximum Gasteiger partial charge on any atom is 0.342 e. The lowest BCUT2D eigenvalue weighted by molar-refractivity contribution is -0.119. The first kappa shape index (κ1) is 18.0. The van der Waals surface area contributed by atoms with Crippen molar-refractivity contribution in [1.82, 2.24) is 0 Å². The van der Waals surface area contributed by atoms with Crippen LogP contribution in [0.2, 0.25) is 10.0 Å². The Morgan fingerprint density at radius 3 is 2.23 bits per heavy atom. The topological polar surface area (TPSA) is 75.6 Å². The van der Waals surface area contributed by atoms with Gasteiger partial charge in [-0.3, -0.25) is 4.79 Å². The van der Waals surface area contributed by atoms with Gasteiger partial charge in [0, 0.05) is 0 Å². The second-order valence-corrected chi connectivity index (χ2v) is 6.25. The summed E-state index contributed by atoms with van der Waals surface area (Å²) in [6.45, 7) is -0.549. The van der Waals surface area contributed by atoms with E-state index in [4.69, 9.17) is 27.9 Å². The summed E-state index contributed by atoms with van der Waals surface area (Å²) in [5, 5.41) is 14.6. The Kier molecular flexibility index (Phi) is 5.30. The van der Waals surface area contributed by atoms with Crippen LogP contribution in [0, 0.1) is 0 Å². The molecule has 0 aliphatic carbocycles. The molecule has 0 atom stereocenters. The number of ether oxygens (including phenoxy) is 1. The standard InChI is InChI=1S/C19H13Cl2NO4/c20-14-6-3-7-15(21)18(14)22-17(24)10-26-19(25)13-8-11-4-1-2-5-12(11)9-16(13)23/h1-9,23H,10H2,(H,22,24). The lowest BCUT2D eigenvalue weighted by Gasteiger charge is -2.10. The lowest BCUT2D eigenvalue weighted by Crippen LogP contribution is -2.21. The minimum Gasteiger partial charge on any atom is -0.507 e. The highest BCUT2D eigenvalue weighted by Gasteiger charge is 2.16. The predicted molar refractivity (Wildman–Crippen MR) is 101 cm³/mol. The van der Waals surface area contributed by atoms with Crippen LogP contribution in [0.5, 0.6) is 5.75 Å². The molecule has 1 amide bonds. The van der Waals surface area contributed by atoms with Gasteiger partial charge in [-0.25, -0.2) is 4.79 Å². The van der Waals surface area contributed by atoms with E-state index in [1.807, 2.05) is 18.2 Å². The second-order valence-electron chi connectivity index (χ2n) is 5.44. The first-order chi connectivity index (χ1) is 12.5. The van der Waals surface area contributed by atoms with E-state index in [-0.39, 0.29) is 27.0 Å². The van der Waals surface area contributed by atoms with Crippen molar-refractivity contribution in [3.8, 4) is 5.75 Å². The fourth-order valence-electron chi connectivity index (χ4n) is 2.39. The molecule has 0 saturated heterocycles. The smallest absolute Gasteiger partial charge is 0.342 e. The van der Waals surface area contributed by atoms with Crippen LogP contribution in [0.3, 0.4) is 0 Å². The van der Waals surface area contributed by atoms with Crippen LogP contribution in [-0.4, -0.2) is 23.6 Å². The molecule has 3 aromatic rings. The average molecular weight is 390 g/mol. The fraction of sp³-hybridized carbons (Fsp3) is 0.0526. The molecule has 0 aliphatic rings. The molecule has 2 N–H and O–H groups in total. The van der Waals surface area contributed by atoms with Crippen molar-refractivity contribution in [1.29, 1.82) is 0 Å². The second kappa shape index (κ2) is 7.64. The van der Waals surface area contributed by atoms with Crippen molar-refractivity contribution in [2.24, 2.45) is 0 Å². The molecular weight excluding hydrogens is 377 g/mol. The predicted octanol–water partition coefficient (Wildman–Crippen LogP) is 4.65. The minimum absolute atomic E-state index is 0.0210. The normalized spacial score (nSPS) is 10.5. The molecular formula is C19H13Cl2NO4. The summed E-state index contributed by atoms with van der Waals surface area (Å²) in [7, 11) is 0. The van der Waals surface area contributed by atoms with Gasteiger partial charge in [-0.05, 0) is 35.0 Å². The van der Waals surface area contributed by atoms with Gasteiger partial charge in [-0.15, -0.1) is 0 Å². The number of para-hydroxylation sites is 1. The molecule has 26 heavy (non-hydrogen) atoms. The highest BCUT2D eigenvalue weighted by Crippen LogP contribution is 2.30. The molecule has 0 aromatic heterocycles. The van der Waals surface area contributed by atoms with Gasteiger partial charge in [0.1, 0.15) is 11.3 Å². The zero-order valence-corrected chi connectivity index (χ0v) is 14.8. The van der Waals surface area contributed by atoms with E-state index in [1.54, 1.807) is 24.3 Å². The van der Waals surface area contributed by atoms with Gasteiger partial charge >= 0.3 is 5.97 Å². The maximum atomic E-state index is 12.2. The number of anilines is 1. The number of benzene rings is 3. The Morgan fingerprint density at radius 1 is 0.962 bits per heavy atom. The van der Waals surface area contributed by atoms with Crippen molar-refractivity contribution in [3.05, 3.63) is 70.2 Å². The van der Waals surface area contributed by atoms with Crippen molar-refractivity contribution in [3.63, 3.8) is 0 Å². The minimum atomic E-state index is -0.811. The molecule has 0 heterocycles. The van der Waals surface area contributed by atoms with Crippen LogP contribution in [0.25, 0.3) is 10.8 Å². The average Bonchev–Trinajstić information content (AvgIpc) is 2.62. The van der Waals surface area contributed by atoms with Gasteiger partial charge in [0.15, 0.2) is 6.61 Å². The number of carbonyl (C=O) groups excluding carboxylic acids is 2. The molecule has 0 radical (unpaired) electrons. The molecule has 0 bridgehead atoms. The van der Waals surface area contributed by atoms with Crippen molar-refractivity contribution in [2.45, 2.75) is 0 Å². The van der Waals surface area contributed by atoms with Crippen LogP contribution in [0.15, 0.2) is 54.6 Å². The molecule has 7 heteroatoms. The molecule has 5 nitrogen and oxygen atoms in total. The number of carbonyl (C=O) groups is 2. The quantitative estimate of drug-likeness (QED) is 0.636. The summed E-state index contributed by atoms with van der Waals surface area (Å²) in [6, 6.07) is 15.0. The number of fused-ring (bicyclic) bond motifs is 1. The summed E-state index contributed by atoms with van der Waals surface area (Å²) in [6.07, 6.45) is 0. The highest BCUT2D eigenvalue weighted by molar-refractivity contribution is 6.39. The molecule has 0 aliphatic heterocycles. The van der Waals surface area contributed by atoms with Crippen LogP contribution in [-0.2, 0) is 9.53 Å². The van der Waals surface area contributed by atoms with E-state index < -0.39 is 18.5 Å². The molecule has 3 aromatic carbocycles. The molecule has 132 valence electrons. The molecule has 0 spiro atoms. The lowest BCUT2D eigenvalue weighted by atomic mass is 10.1. The van der Waals surface area contributed by atoms with E-state index in [9.17, 15) is 14.7 Å². The summed E-state index contributed by atoms with van der Waals surface area (Å²) >= 11 is 11.9. The van der Waals surface area contributed by atoms with Crippen LogP contribution in [0.4, 0.5) is 5.69 Å². The Morgan fingerprint density at radius 2 is 1.58 bits per heavy atom. The summed E-state index contributed by atoms with van der Waals surface area (Å²) in [5.74, 6) is -1.63. The van der Waals surface area contributed by atoms with E-state index in [2.05, 4.69) is 5.32 Å². The third-order valence-electron chi connectivity index (χ3n) is 3.65. The molecule has 0 unspecified atom stereocenters. The number of amides is 1. The fourth-order valence-corrected chi connectivity index (χ4v) is 2.89. The van der Waals surface area contributed by atoms with Crippen LogP contribution >= 0.6 is 23.2 Å². The Hall–Kier alpha value is -2.76. The van der Waals surface area contributed by atoms with Gasteiger partial charge in [-0.1, -0.05) is 53.5 Å². The number of hydrogen-bond acceptors (Lipinski definition) is 4. The summed E-state index contributed by atoms with van der Waals surface area (Å²) in [4.78, 5) is 24.2. The largest absolute Gasteiger partial charge is 0.507 e. The summed E-state index contributed by atoms with van der Waals surface area (Å²) < 4.78 is 4.97. The molecule has 0 saturated carbocycles. The van der Waals surface area contributed by atoms with E-state index in [1.165, 1.54) is 12.1 Å². The van der Waals surface area contributed by atoms with Gasteiger partial charge in [0.05, 0.1) is 15.7 Å². The van der Waals surface area contributed by atoms with E-state index >= 15 is 0 Å². The zero-order valence-electron chi connectivity index (χ0n) is 13.3. The van der Waals surface area contributed by atoms with Crippen LogP contribution in [0.1, 0.15) is 10.4 Å². The van der Waals surface area contributed by atoms with Crippen molar-refractivity contribution < 1.29 is 19.4 Å². The number of phenolic OH excluding ortho intramolecular Hbond substituents is 1. The van der Waals surface area contributed by atoms with Gasteiger partial charge < -0.3 is 15.2 Å². The summed E-state index contributed by atoms with van der Waals surface area (Å²) in [5.41, 5.74) is 0.220. The number of esters is 1. The first-order valence-corrected chi connectivity index (χ1v) is 8.34. The Balaban J connectivity index is 1.69. The van der Waals surface area contributed by atoms with E-state index in [0.717, 1.165) is 10.8 Å². The third-order valence-corrected chi connectivity index (χ3v) is 4.28. The Labute approximate surface area is 159 Å². The van der Waals surface area contributed by atoms with Gasteiger partial charge in [0.25, 0.3) is 5.91 Å². The number of nitrogens with one attached hydrogen (secondary N) is 1. The van der Waals surface area contributed by atoms with Crippen molar-refractivity contribution >= 4 is 51.5 Å². The Bertz CT molecular complexity index is 984. The van der Waals surface area contributed by atoms with Crippen molar-refractivity contribution in [2.75, 3.05) is 11.9 Å². The molecule has 0 fully saturated rings. The number of hydrogen-bond donors (Lipinski definition) is 2. The van der Waals surface area contributed by atoms with Gasteiger partial charge in [-0.2, -0.15) is 0 Å². The van der Waals surface area contributed by atoms with Gasteiger partial charge in [0.2, 0.25) is 0 Å². The number of phenols is 1. The van der Waals surface area contributed by atoms with E-state index in [0.29, 0.717) is 0 Å². The maximum absolute atomic E-state index is 12.2. The highest BCUT2D eigenvalue weighted by atomic mass is 35.5. The SMILES string of the molecule is O=C(COC(=O)c1cc2ccccc2cc1O)Nc1c(Cl)cccc1Cl. The zero-order chi connectivity index (χ0) is 18.7.